The first-order valence-corrected chi connectivity index (χ1v) is 4.24. The summed E-state index contributed by atoms with van der Waals surface area (Å²) in [5.74, 6) is 5.79. The smallest absolute Gasteiger partial charge is 0.0637 e. The van der Waals surface area contributed by atoms with Crippen LogP contribution in [0.3, 0.4) is 0 Å². The molecule has 0 spiro atoms. The Bertz CT molecular complexity index is 285. The van der Waals surface area contributed by atoms with Crippen molar-refractivity contribution in [3.63, 3.8) is 0 Å². The van der Waals surface area contributed by atoms with Gasteiger partial charge in [0.15, 0.2) is 0 Å². The van der Waals surface area contributed by atoms with Crippen LogP contribution in [-0.4, -0.2) is 16.5 Å². The molecule has 2 heterocycles. The van der Waals surface area contributed by atoms with Gasteiger partial charge in [-0.1, -0.05) is 6.07 Å². The Morgan fingerprint density at radius 1 is 1.67 bits per heavy atom. The molecule has 1 aliphatic rings. The number of hydrogen-bond acceptors (Lipinski definition) is 3. The number of pyridine rings is 1. The maximum absolute atomic E-state index is 5.79. The second kappa shape index (κ2) is 2.84. The van der Waals surface area contributed by atoms with Crippen molar-refractivity contribution in [3.05, 3.63) is 29.6 Å². The Hall–Kier alpha value is -0.930. The highest BCUT2D eigenvalue weighted by Crippen LogP contribution is 2.23. The van der Waals surface area contributed by atoms with Crippen LogP contribution in [0.4, 0.5) is 0 Å². The zero-order valence-corrected chi connectivity index (χ0v) is 7.20. The van der Waals surface area contributed by atoms with E-state index in [2.05, 4.69) is 18.0 Å². The van der Waals surface area contributed by atoms with Crippen molar-refractivity contribution in [2.24, 2.45) is 5.84 Å². The fourth-order valence-corrected chi connectivity index (χ4v) is 1.64. The van der Waals surface area contributed by atoms with Crippen LogP contribution in [-0.2, 0) is 6.42 Å². The average molecular weight is 163 g/mol. The first-order valence-electron chi connectivity index (χ1n) is 4.24. The molecule has 0 bridgehead atoms. The van der Waals surface area contributed by atoms with E-state index in [0.717, 1.165) is 18.7 Å². The van der Waals surface area contributed by atoms with E-state index in [4.69, 9.17) is 5.84 Å². The van der Waals surface area contributed by atoms with Gasteiger partial charge in [-0.15, -0.1) is 0 Å². The topological polar surface area (TPSA) is 42.2 Å². The number of aromatic nitrogens is 1. The normalized spacial score (nSPS) is 23.7. The Labute approximate surface area is 72.2 Å². The molecule has 1 unspecified atom stereocenters. The second-order valence-corrected chi connectivity index (χ2v) is 3.21. The molecule has 1 aromatic rings. The number of nitrogens with two attached hydrogens (primary N) is 1. The van der Waals surface area contributed by atoms with Gasteiger partial charge in [0.1, 0.15) is 0 Å². The molecule has 0 amide bonds. The minimum absolute atomic E-state index is 0.259. The van der Waals surface area contributed by atoms with Crippen LogP contribution in [0.5, 0.6) is 0 Å². The highest BCUT2D eigenvalue weighted by atomic mass is 15.4. The molecule has 2 rings (SSSR count). The van der Waals surface area contributed by atoms with E-state index < -0.39 is 0 Å². The fraction of sp³-hybridized carbons (Fsp3) is 0.444. The molecule has 0 saturated carbocycles. The molecule has 0 fully saturated rings. The highest BCUT2D eigenvalue weighted by Gasteiger charge is 2.21. The molecule has 12 heavy (non-hydrogen) atoms. The van der Waals surface area contributed by atoms with E-state index in [9.17, 15) is 0 Å². The number of hydrazine groups is 1. The summed E-state index contributed by atoms with van der Waals surface area (Å²) in [6, 6.07) is 4.37. The number of nitrogens with zero attached hydrogens (tertiary/aromatic N) is 2. The second-order valence-electron chi connectivity index (χ2n) is 3.21. The van der Waals surface area contributed by atoms with Crippen molar-refractivity contribution in [3.8, 4) is 0 Å². The SMILES string of the molecule is CC1c2ncccc2CCN1N. The van der Waals surface area contributed by atoms with Crippen molar-refractivity contribution in [1.82, 2.24) is 9.99 Å². The summed E-state index contributed by atoms with van der Waals surface area (Å²) in [5, 5.41) is 1.84. The third-order valence-electron chi connectivity index (χ3n) is 2.46. The Morgan fingerprint density at radius 2 is 2.50 bits per heavy atom. The summed E-state index contributed by atoms with van der Waals surface area (Å²) in [6.07, 6.45) is 2.85. The van der Waals surface area contributed by atoms with E-state index in [1.807, 2.05) is 17.3 Å². The molecule has 1 aromatic heterocycles. The summed E-state index contributed by atoms with van der Waals surface area (Å²) >= 11 is 0. The van der Waals surface area contributed by atoms with Crippen molar-refractivity contribution in [2.45, 2.75) is 19.4 Å². The van der Waals surface area contributed by atoms with Gasteiger partial charge >= 0.3 is 0 Å². The maximum Gasteiger partial charge on any atom is 0.0637 e. The van der Waals surface area contributed by atoms with Gasteiger partial charge in [0.2, 0.25) is 0 Å². The van der Waals surface area contributed by atoms with Crippen LogP contribution in [0.15, 0.2) is 18.3 Å². The number of fused-ring (bicyclic) bond motifs is 1. The van der Waals surface area contributed by atoms with E-state index in [1.165, 1.54) is 5.56 Å². The molecule has 0 aromatic carbocycles. The molecule has 1 aliphatic heterocycles. The summed E-state index contributed by atoms with van der Waals surface area (Å²) in [7, 11) is 0. The van der Waals surface area contributed by atoms with Gasteiger partial charge in [-0.25, -0.2) is 5.01 Å². The van der Waals surface area contributed by atoms with Crippen molar-refractivity contribution in [1.29, 1.82) is 0 Å². The standard InChI is InChI=1S/C9H13N3/c1-7-9-8(3-2-5-11-9)4-6-12(7)10/h2-3,5,7H,4,6,10H2,1H3. The van der Waals surface area contributed by atoms with Gasteiger partial charge in [-0.05, 0) is 25.0 Å². The van der Waals surface area contributed by atoms with Crippen LogP contribution in [0, 0.1) is 0 Å². The van der Waals surface area contributed by atoms with E-state index in [0.29, 0.717) is 0 Å². The minimum Gasteiger partial charge on any atom is -0.268 e. The predicted octanol–water partition coefficient (Wildman–Crippen LogP) is 0.874. The molecule has 0 saturated heterocycles. The van der Waals surface area contributed by atoms with Crippen LogP contribution in [0.2, 0.25) is 0 Å². The molecular weight excluding hydrogens is 150 g/mol. The lowest BCUT2D eigenvalue weighted by molar-refractivity contribution is 0.199. The Morgan fingerprint density at radius 3 is 3.33 bits per heavy atom. The van der Waals surface area contributed by atoms with Crippen LogP contribution in [0.25, 0.3) is 0 Å². The molecule has 3 heteroatoms. The van der Waals surface area contributed by atoms with E-state index in [1.54, 1.807) is 0 Å². The summed E-state index contributed by atoms with van der Waals surface area (Å²) in [6.45, 7) is 3.02. The van der Waals surface area contributed by atoms with Gasteiger partial charge in [0.25, 0.3) is 0 Å². The summed E-state index contributed by atoms with van der Waals surface area (Å²) in [5.41, 5.74) is 2.47. The quantitative estimate of drug-likeness (QED) is 0.577. The molecule has 2 N–H and O–H groups in total. The zero-order chi connectivity index (χ0) is 8.55. The monoisotopic (exact) mass is 163 g/mol. The number of rotatable bonds is 0. The van der Waals surface area contributed by atoms with E-state index >= 15 is 0 Å². The van der Waals surface area contributed by atoms with Crippen molar-refractivity contribution in [2.75, 3.05) is 6.54 Å². The van der Waals surface area contributed by atoms with Crippen molar-refractivity contribution < 1.29 is 0 Å². The van der Waals surface area contributed by atoms with Gasteiger partial charge in [0.05, 0.1) is 11.7 Å². The Kier molecular flexibility index (Phi) is 1.83. The predicted molar refractivity (Wildman–Crippen MR) is 47.2 cm³/mol. The molecule has 3 nitrogen and oxygen atoms in total. The highest BCUT2D eigenvalue weighted by molar-refractivity contribution is 5.24. The van der Waals surface area contributed by atoms with Gasteiger partial charge < -0.3 is 0 Å². The molecular formula is C9H13N3. The van der Waals surface area contributed by atoms with Gasteiger partial charge in [-0.3, -0.25) is 10.8 Å². The molecule has 1 atom stereocenters. The fourth-order valence-electron chi connectivity index (χ4n) is 1.64. The van der Waals surface area contributed by atoms with Crippen LogP contribution in [0.1, 0.15) is 24.2 Å². The zero-order valence-electron chi connectivity index (χ0n) is 7.20. The van der Waals surface area contributed by atoms with Crippen LogP contribution >= 0.6 is 0 Å². The summed E-state index contributed by atoms with van der Waals surface area (Å²) < 4.78 is 0. The molecule has 64 valence electrons. The third kappa shape index (κ3) is 1.11. The molecule has 0 aliphatic carbocycles. The van der Waals surface area contributed by atoms with Gasteiger partial charge in [0, 0.05) is 12.7 Å². The van der Waals surface area contributed by atoms with Gasteiger partial charge in [-0.2, -0.15) is 0 Å². The lowest BCUT2D eigenvalue weighted by Gasteiger charge is -2.30. The average Bonchev–Trinajstić information content (AvgIpc) is 2.12. The van der Waals surface area contributed by atoms with E-state index in [-0.39, 0.29) is 6.04 Å². The van der Waals surface area contributed by atoms with Crippen LogP contribution < -0.4 is 5.84 Å². The largest absolute Gasteiger partial charge is 0.268 e. The third-order valence-corrected chi connectivity index (χ3v) is 2.46. The Balaban J connectivity index is 2.42. The lowest BCUT2D eigenvalue weighted by Crippen LogP contribution is -2.39. The van der Waals surface area contributed by atoms with Crippen molar-refractivity contribution >= 4 is 0 Å². The summed E-state index contributed by atoms with van der Waals surface area (Å²) in [4.78, 5) is 4.33. The minimum atomic E-state index is 0.259. The number of hydrogen-bond donors (Lipinski definition) is 1. The maximum atomic E-state index is 5.79. The first kappa shape index (κ1) is 7.71. The molecule has 0 radical (unpaired) electrons. The lowest BCUT2D eigenvalue weighted by atomic mass is 10.0. The first-order chi connectivity index (χ1) is 5.79.